The van der Waals surface area contributed by atoms with Crippen molar-refractivity contribution in [2.24, 2.45) is 0 Å². The van der Waals surface area contributed by atoms with E-state index in [1.807, 2.05) is 30.3 Å². The highest BCUT2D eigenvalue weighted by molar-refractivity contribution is 6.12. The minimum atomic E-state index is -0.898. The number of amides is 1. The third-order valence-electron chi connectivity index (χ3n) is 5.79. The van der Waals surface area contributed by atoms with E-state index in [0.29, 0.717) is 22.3 Å². The average Bonchev–Trinajstić information content (AvgIpc) is 3.35. The van der Waals surface area contributed by atoms with E-state index < -0.39 is 17.8 Å². The number of carbonyl (C=O) groups excluding carboxylic acids is 1. The molecule has 1 aliphatic heterocycles. The Hall–Kier alpha value is -4.26. The first kappa shape index (κ1) is 18.5. The fraction of sp³-hybridized carbons (Fsp3) is 0.0800. The second-order valence-corrected chi connectivity index (χ2v) is 7.77. The summed E-state index contributed by atoms with van der Waals surface area (Å²) in [5.41, 5.74) is 0.600. The van der Waals surface area contributed by atoms with E-state index >= 15 is 0 Å². The maximum Gasteiger partial charge on any atom is 0.296 e. The van der Waals surface area contributed by atoms with Crippen LogP contribution in [0.3, 0.4) is 0 Å². The molecule has 3 heterocycles. The molecule has 0 aliphatic carbocycles. The number of anilines is 1. The van der Waals surface area contributed by atoms with Crippen LogP contribution in [0, 0.1) is 12.7 Å². The van der Waals surface area contributed by atoms with Crippen LogP contribution in [0.4, 0.5) is 10.2 Å². The lowest BCUT2D eigenvalue weighted by Gasteiger charge is -2.22. The average molecular weight is 426 g/mol. The molecule has 1 atom stereocenters. The van der Waals surface area contributed by atoms with Gasteiger partial charge >= 0.3 is 0 Å². The molecular formula is C25H15FN2O4. The van der Waals surface area contributed by atoms with Gasteiger partial charge in [-0.1, -0.05) is 47.6 Å². The molecule has 0 radical (unpaired) electrons. The maximum absolute atomic E-state index is 14.1. The van der Waals surface area contributed by atoms with Crippen molar-refractivity contribution in [3.8, 4) is 0 Å². The van der Waals surface area contributed by atoms with Gasteiger partial charge in [0.25, 0.3) is 5.91 Å². The first-order chi connectivity index (χ1) is 15.5. The number of aryl methyl sites for hydroxylation is 1. The van der Waals surface area contributed by atoms with Gasteiger partial charge in [-0.05, 0) is 36.1 Å². The number of carbonyl (C=O) groups is 1. The van der Waals surface area contributed by atoms with Gasteiger partial charge in [-0.25, -0.2) is 4.39 Å². The highest BCUT2D eigenvalue weighted by Crippen LogP contribution is 2.41. The first-order valence-electron chi connectivity index (χ1n) is 10.0. The van der Waals surface area contributed by atoms with E-state index in [1.54, 1.807) is 25.1 Å². The van der Waals surface area contributed by atoms with Crippen molar-refractivity contribution in [3.05, 3.63) is 105 Å². The minimum absolute atomic E-state index is 0.0752. The van der Waals surface area contributed by atoms with Gasteiger partial charge in [-0.3, -0.25) is 14.5 Å². The van der Waals surface area contributed by atoms with E-state index in [2.05, 4.69) is 5.16 Å². The number of hydrogen-bond acceptors (Lipinski definition) is 5. The summed E-state index contributed by atoms with van der Waals surface area (Å²) in [5, 5.41) is 5.95. The van der Waals surface area contributed by atoms with Crippen LogP contribution in [0.15, 0.2) is 80.5 Å². The third-order valence-corrected chi connectivity index (χ3v) is 5.79. The molecule has 1 aliphatic rings. The van der Waals surface area contributed by atoms with Crippen molar-refractivity contribution in [2.45, 2.75) is 13.0 Å². The fourth-order valence-corrected chi connectivity index (χ4v) is 4.40. The normalized spacial score (nSPS) is 15.6. The van der Waals surface area contributed by atoms with Crippen LogP contribution in [0.1, 0.15) is 33.5 Å². The first-order valence-corrected chi connectivity index (χ1v) is 10.0. The number of nitrogens with zero attached hydrogens (tertiary/aromatic N) is 2. The van der Waals surface area contributed by atoms with Crippen molar-refractivity contribution < 1.29 is 18.1 Å². The number of hydrogen-bond donors (Lipinski definition) is 0. The second-order valence-electron chi connectivity index (χ2n) is 7.77. The quantitative estimate of drug-likeness (QED) is 0.366. The van der Waals surface area contributed by atoms with Crippen molar-refractivity contribution in [1.82, 2.24) is 5.16 Å². The van der Waals surface area contributed by atoms with Crippen molar-refractivity contribution in [3.63, 3.8) is 0 Å². The van der Waals surface area contributed by atoms with Gasteiger partial charge in [0.05, 0.1) is 17.0 Å². The largest absolute Gasteiger partial charge is 0.450 e. The van der Waals surface area contributed by atoms with Crippen molar-refractivity contribution in [1.29, 1.82) is 0 Å². The molecule has 0 saturated carbocycles. The number of fused-ring (bicyclic) bond motifs is 4. The Morgan fingerprint density at radius 1 is 0.969 bits per heavy atom. The molecule has 1 amide bonds. The Morgan fingerprint density at radius 3 is 2.59 bits per heavy atom. The molecule has 0 unspecified atom stereocenters. The summed E-state index contributed by atoms with van der Waals surface area (Å²) < 4.78 is 25.4. The smallest absolute Gasteiger partial charge is 0.296 e. The van der Waals surface area contributed by atoms with E-state index in [9.17, 15) is 14.0 Å². The topological polar surface area (TPSA) is 76.6 Å². The number of benzene rings is 3. The van der Waals surface area contributed by atoms with Crippen molar-refractivity contribution >= 4 is 33.5 Å². The summed E-state index contributed by atoms with van der Waals surface area (Å²) in [6.07, 6.45) is 0. The van der Waals surface area contributed by atoms with Gasteiger partial charge in [0.15, 0.2) is 11.2 Å². The Morgan fingerprint density at radius 2 is 1.81 bits per heavy atom. The molecule has 6 rings (SSSR count). The van der Waals surface area contributed by atoms with Crippen LogP contribution in [0.5, 0.6) is 0 Å². The van der Waals surface area contributed by atoms with E-state index in [0.717, 1.165) is 10.8 Å². The molecule has 32 heavy (non-hydrogen) atoms. The standard InChI is InChI=1S/C25H15FN2O4/c1-13-11-19(27-32-13)28-21(15-6-4-7-16(26)12-15)20-22(29)18-10-9-14-5-2-3-8-17(14)23(18)31-24(20)25(28)30/h2-12,21H,1H3/t21-/m1/s1. The Labute approximate surface area is 180 Å². The third kappa shape index (κ3) is 2.54. The van der Waals surface area contributed by atoms with E-state index in [-0.39, 0.29) is 22.6 Å². The summed E-state index contributed by atoms with van der Waals surface area (Å²) in [5.74, 6) is -0.363. The lowest BCUT2D eigenvalue weighted by Crippen LogP contribution is -2.29. The molecule has 0 N–H and O–H groups in total. The van der Waals surface area contributed by atoms with Crippen LogP contribution in [-0.2, 0) is 0 Å². The molecule has 0 saturated heterocycles. The zero-order chi connectivity index (χ0) is 22.0. The lowest BCUT2D eigenvalue weighted by atomic mass is 9.97. The molecule has 3 aromatic carbocycles. The Balaban J connectivity index is 1.70. The molecule has 7 heteroatoms. The van der Waals surface area contributed by atoms with Crippen molar-refractivity contribution in [2.75, 3.05) is 4.90 Å². The number of rotatable bonds is 2. The van der Waals surface area contributed by atoms with Gasteiger partial charge in [0, 0.05) is 11.5 Å². The molecular weight excluding hydrogens is 411 g/mol. The zero-order valence-corrected chi connectivity index (χ0v) is 16.8. The van der Waals surface area contributed by atoms with Gasteiger partial charge in [-0.15, -0.1) is 0 Å². The molecule has 2 aromatic heterocycles. The zero-order valence-electron chi connectivity index (χ0n) is 16.8. The molecule has 0 fully saturated rings. The fourth-order valence-electron chi connectivity index (χ4n) is 4.40. The second kappa shape index (κ2) is 6.62. The maximum atomic E-state index is 14.1. The summed E-state index contributed by atoms with van der Waals surface area (Å²) in [7, 11) is 0. The highest BCUT2D eigenvalue weighted by Gasteiger charge is 2.45. The van der Waals surface area contributed by atoms with Gasteiger partial charge in [0.1, 0.15) is 17.2 Å². The highest BCUT2D eigenvalue weighted by atomic mass is 19.1. The van der Waals surface area contributed by atoms with Gasteiger partial charge in [-0.2, -0.15) is 0 Å². The van der Waals surface area contributed by atoms with Crippen LogP contribution in [0.2, 0.25) is 0 Å². The summed E-state index contributed by atoms with van der Waals surface area (Å²) in [6, 6.07) is 17.5. The lowest BCUT2D eigenvalue weighted by molar-refractivity contribution is 0.0969. The van der Waals surface area contributed by atoms with Crippen LogP contribution in [0.25, 0.3) is 21.7 Å². The predicted molar refractivity (Wildman–Crippen MR) is 116 cm³/mol. The monoisotopic (exact) mass is 426 g/mol. The van der Waals surface area contributed by atoms with Gasteiger partial charge in [0.2, 0.25) is 5.76 Å². The summed E-state index contributed by atoms with van der Waals surface area (Å²) >= 11 is 0. The van der Waals surface area contributed by atoms with E-state index in [1.165, 1.54) is 23.1 Å². The van der Waals surface area contributed by atoms with E-state index in [4.69, 9.17) is 8.94 Å². The van der Waals surface area contributed by atoms with Crippen LogP contribution >= 0.6 is 0 Å². The summed E-state index contributed by atoms with van der Waals surface area (Å²) in [6.45, 7) is 1.70. The molecule has 5 aromatic rings. The molecule has 156 valence electrons. The summed E-state index contributed by atoms with van der Waals surface area (Å²) in [4.78, 5) is 28.5. The minimum Gasteiger partial charge on any atom is -0.450 e. The Kier molecular flexibility index (Phi) is 3.83. The van der Waals surface area contributed by atoms with Gasteiger partial charge < -0.3 is 8.94 Å². The predicted octanol–water partition coefficient (Wildman–Crippen LogP) is 5.13. The molecule has 0 bridgehead atoms. The van der Waals surface area contributed by atoms with Crippen LogP contribution in [-0.4, -0.2) is 11.1 Å². The molecule has 0 spiro atoms. The number of halogens is 1. The Bertz CT molecular complexity index is 1620. The van der Waals surface area contributed by atoms with Crippen LogP contribution < -0.4 is 10.3 Å². The SMILES string of the molecule is Cc1cc(N2C(=O)c3oc4c(ccc5ccccc54)c(=O)c3[C@H]2c2cccc(F)c2)no1. The molecule has 6 nitrogen and oxygen atoms in total. The number of aromatic nitrogens is 1.